The van der Waals surface area contributed by atoms with Crippen molar-refractivity contribution < 1.29 is 4.74 Å². The first-order valence-electron chi connectivity index (χ1n) is 7.99. The number of rotatable bonds is 5. The minimum atomic E-state index is 0.0443. The van der Waals surface area contributed by atoms with Gasteiger partial charge in [-0.05, 0) is 17.5 Å². The molecule has 1 fully saturated rings. The maximum Gasteiger partial charge on any atom is 0.0720 e. The Kier molecular flexibility index (Phi) is 5.22. The summed E-state index contributed by atoms with van der Waals surface area (Å²) in [6, 6.07) is 20.9. The van der Waals surface area contributed by atoms with Crippen LogP contribution in [0.1, 0.15) is 23.6 Å². The van der Waals surface area contributed by atoms with Gasteiger partial charge < -0.3 is 10.5 Å². The maximum absolute atomic E-state index is 6.33. The van der Waals surface area contributed by atoms with E-state index < -0.39 is 0 Å². The Labute approximate surface area is 132 Å². The fourth-order valence-electron chi connectivity index (χ4n) is 3.03. The highest BCUT2D eigenvalue weighted by Gasteiger charge is 2.23. The van der Waals surface area contributed by atoms with Crippen LogP contribution in [-0.4, -0.2) is 30.7 Å². The zero-order valence-electron chi connectivity index (χ0n) is 12.9. The van der Waals surface area contributed by atoms with Gasteiger partial charge in [-0.15, -0.1) is 0 Å². The average Bonchev–Trinajstić information content (AvgIpc) is 2.57. The zero-order valence-corrected chi connectivity index (χ0v) is 12.9. The van der Waals surface area contributed by atoms with Gasteiger partial charge in [-0.2, -0.15) is 0 Å². The summed E-state index contributed by atoms with van der Waals surface area (Å²) >= 11 is 0. The fourth-order valence-corrected chi connectivity index (χ4v) is 3.03. The molecule has 3 rings (SSSR count). The number of hydrogen-bond acceptors (Lipinski definition) is 3. The molecule has 3 nitrogen and oxygen atoms in total. The van der Waals surface area contributed by atoms with E-state index in [0.717, 1.165) is 32.7 Å². The Morgan fingerprint density at radius 2 is 1.73 bits per heavy atom. The molecule has 0 saturated carbocycles. The van der Waals surface area contributed by atoms with Gasteiger partial charge in [-0.25, -0.2) is 0 Å². The van der Waals surface area contributed by atoms with Crippen LogP contribution in [0.2, 0.25) is 0 Å². The third-order valence-corrected chi connectivity index (χ3v) is 4.22. The van der Waals surface area contributed by atoms with Crippen LogP contribution < -0.4 is 5.73 Å². The van der Waals surface area contributed by atoms with Gasteiger partial charge in [0.05, 0.1) is 12.7 Å². The summed E-state index contributed by atoms with van der Waals surface area (Å²) in [6.07, 6.45) is 1.09. The molecular weight excluding hydrogens is 272 g/mol. The summed E-state index contributed by atoms with van der Waals surface area (Å²) in [5.74, 6) is 0. The van der Waals surface area contributed by atoms with E-state index in [1.807, 2.05) is 18.2 Å². The smallest absolute Gasteiger partial charge is 0.0720 e. The standard InChI is InChI=1S/C19H24N2O/c20-19(17-9-5-2-6-10-17)13-18-15-21(11-12-22-18)14-16-7-3-1-4-8-16/h1-10,18-19H,11-15,20H2. The van der Waals surface area contributed by atoms with Gasteiger partial charge in [0.2, 0.25) is 0 Å². The summed E-state index contributed by atoms with van der Waals surface area (Å²) in [4.78, 5) is 2.46. The normalized spacial score (nSPS) is 20.7. The highest BCUT2D eigenvalue weighted by molar-refractivity contribution is 5.18. The van der Waals surface area contributed by atoms with Crippen molar-refractivity contribution in [1.29, 1.82) is 0 Å². The minimum absolute atomic E-state index is 0.0443. The van der Waals surface area contributed by atoms with Crippen molar-refractivity contribution in [2.45, 2.75) is 25.1 Å². The lowest BCUT2D eigenvalue weighted by atomic mass is 10.0. The second-order valence-corrected chi connectivity index (χ2v) is 5.97. The van der Waals surface area contributed by atoms with Crippen molar-refractivity contribution in [2.24, 2.45) is 5.73 Å². The van der Waals surface area contributed by atoms with Gasteiger partial charge in [-0.1, -0.05) is 60.7 Å². The van der Waals surface area contributed by atoms with Crippen LogP contribution in [0, 0.1) is 0 Å². The maximum atomic E-state index is 6.33. The van der Waals surface area contributed by atoms with Crippen LogP contribution in [0.15, 0.2) is 60.7 Å². The SMILES string of the molecule is NC(CC1CN(Cc2ccccc2)CCO1)c1ccccc1. The molecule has 2 aromatic rings. The van der Waals surface area contributed by atoms with Crippen molar-refractivity contribution in [3.05, 3.63) is 71.8 Å². The van der Waals surface area contributed by atoms with Gasteiger partial charge in [0.25, 0.3) is 0 Å². The van der Waals surface area contributed by atoms with E-state index in [4.69, 9.17) is 10.5 Å². The van der Waals surface area contributed by atoms with Crippen LogP contribution in [0.5, 0.6) is 0 Å². The molecule has 116 valence electrons. The molecule has 22 heavy (non-hydrogen) atoms. The lowest BCUT2D eigenvalue weighted by molar-refractivity contribution is -0.0376. The Morgan fingerprint density at radius 3 is 2.45 bits per heavy atom. The van der Waals surface area contributed by atoms with E-state index in [9.17, 15) is 0 Å². The Morgan fingerprint density at radius 1 is 1.05 bits per heavy atom. The van der Waals surface area contributed by atoms with Crippen LogP contribution in [0.25, 0.3) is 0 Å². The molecule has 2 unspecified atom stereocenters. The summed E-state index contributed by atoms with van der Waals surface area (Å²) in [7, 11) is 0. The van der Waals surface area contributed by atoms with Crippen LogP contribution in [-0.2, 0) is 11.3 Å². The van der Waals surface area contributed by atoms with Crippen molar-refractivity contribution in [2.75, 3.05) is 19.7 Å². The topological polar surface area (TPSA) is 38.5 Å². The zero-order chi connectivity index (χ0) is 15.2. The van der Waals surface area contributed by atoms with Gasteiger partial charge in [-0.3, -0.25) is 4.90 Å². The minimum Gasteiger partial charge on any atom is -0.375 e. The summed E-state index contributed by atoms with van der Waals surface area (Å²) in [5, 5.41) is 0. The Hall–Kier alpha value is -1.68. The van der Waals surface area contributed by atoms with Crippen molar-refractivity contribution in [1.82, 2.24) is 4.90 Å². The molecule has 1 saturated heterocycles. The van der Waals surface area contributed by atoms with E-state index in [-0.39, 0.29) is 12.1 Å². The molecule has 0 aromatic heterocycles. The second-order valence-electron chi connectivity index (χ2n) is 5.97. The molecule has 2 N–H and O–H groups in total. The number of nitrogens with zero attached hydrogens (tertiary/aromatic N) is 1. The third kappa shape index (κ3) is 4.17. The summed E-state index contributed by atoms with van der Waals surface area (Å²) < 4.78 is 5.92. The first-order valence-corrected chi connectivity index (χ1v) is 7.99. The highest BCUT2D eigenvalue weighted by Crippen LogP contribution is 2.20. The molecule has 0 aliphatic carbocycles. The predicted molar refractivity (Wildman–Crippen MR) is 89.4 cm³/mol. The van der Waals surface area contributed by atoms with Crippen LogP contribution in [0.4, 0.5) is 0 Å². The molecule has 0 bridgehead atoms. The third-order valence-electron chi connectivity index (χ3n) is 4.22. The first-order chi connectivity index (χ1) is 10.8. The number of nitrogens with two attached hydrogens (primary N) is 1. The quantitative estimate of drug-likeness (QED) is 0.922. The molecule has 0 spiro atoms. The first kappa shape index (κ1) is 15.2. The second kappa shape index (κ2) is 7.54. The van der Waals surface area contributed by atoms with Gasteiger partial charge in [0, 0.05) is 25.7 Å². The Bertz CT molecular complexity index is 558. The molecule has 1 aliphatic rings. The number of benzene rings is 2. The van der Waals surface area contributed by atoms with E-state index in [2.05, 4.69) is 47.4 Å². The van der Waals surface area contributed by atoms with Gasteiger partial charge in [0.1, 0.15) is 0 Å². The monoisotopic (exact) mass is 296 g/mol. The molecule has 1 heterocycles. The number of ether oxygens (including phenoxy) is 1. The summed E-state index contributed by atoms with van der Waals surface area (Å²) in [5.41, 5.74) is 8.87. The Balaban J connectivity index is 1.54. The van der Waals surface area contributed by atoms with Crippen molar-refractivity contribution >= 4 is 0 Å². The number of hydrogen-bond donors (Lipinski definition) is 1. The largest absolute Gasteiger partial charge is 0.375 e. The molecular formula is C19H24N2O. The van der Waals surface area contributed by atoms with Crippen molar-refractivity contribution in [3.8, 4) is 0 Å². The lowest BCUT2D eigenvalue weighted by Crippen LogP contribution is -2.43. The molecule has 3 heteroatoms. The van der Waals surface area contributed by atoms with Gasteiger partial charge in [0.15, 0.2) is 0 Å². The predicted octanol–water partition coefficient (Wildman–Crippen LogP) is 2.98. The molecule has 2 aromatic carbocycles. The molecule has 0 radical (unpaired) electrons. The fraction of sp³-hybridized carbons (Fsp3) is 0.368. The molecule has 0 amide bonds. The van der Waals surface area contributed by atoms with E-state index in [1.54, 1.807) is 0 Å². The van der Waals surface area contributed by atoms with Crippen LogP contribution in [0.3, 0.4) is 0 Å². The molecule has 2 atom stereocenters. The summed E-state index contributed by atoms with van der Waals surface area (Å²) in [6.45, 7) is 3.72. The lowest BCUT2D eigenvalue weighted by Gasteiger charge is -2.34. The van der Waals surface area contributed by atoms with E-state index in [1.165, 1.54) is 11.1 Å². The van der Waals surface area contributed by atoms with E-state index >= 15 is 0 Å². The number of morpholine rings is 1. The van der Waals surface area contributed by atoms with E-state index in [0.29, 0.717) is 0 Å². The average molecular weight is 296 g/mol. The van der Waals surface area contributed by atoms with Gasteiger partial charge >= 0.3 is 0 Å². The van der Waals surface area contributed by atoms with Crippen molar-refractivity contribution in [3.63, 3.8) is 0 Å². The highest BCUT2D eigenvalue weighted by atomic mass is 16.5. The van der Waals surface area contributed by atoms with Crippen LogP contribution >= 0.6 is 0 Å². The molecule has 1 aliphatic heterocycles.